The van der Waals surface area contributed by atoms with Gasteiger partial charge in [0, 0.05) is 0 Å². The first-order valence-corrected chi connectivity index (χ1v) is 9.78. The van der Waals surface area contributed by atoms with Crippen LogP contribution < -0.4 is 10.6 Å². The van der Waals surface area contributed by atoms with Crippen molar-refractivity contribution in [2.24, 2.45) is 0 Å². The molecule has 2 aromatic rings. The molecule has 14 heteroatoms. The molecule has 0 radical (unpaired) electrons. The van der Waals surface area contributed by atoms with Gasteiger partial charge in [-0.05, 0) is 0 Å². The van der Waals surface area contributed by atoms with Gasteiger partial charge in [0.25, 0.3) is 0 Å². The van der Waals surface area contributed by atoms with Crippen LogP contribution in [-0.4, -0.2) is 0 Å². The molecule has 26 heavy (non-hydrogen) atoms. The zero-order chi connectivity index (χ0) is 20.4. The summed E-state index contributed by atoms with van der Waals surface area (Å²) in [4.78, 5) is 0. The minimum atomic E-state index is -7.65. The monoisotopic (exact) mass is 454 g/mol. The van der Waals surface area contributed by atoms with Gasteiger partial charge in [0.05, 0.1) is 0 Å². The molecule has 0 aliphatic carbocycles. The maximum atomic E-state index is 15.1. The Morgan fingerprint density at radius 2 is 0.538 bits per heavy atom. The van der Waals surface area contributed by atoms with Crippen molar-refractivity contribution in [1.29, 1.82) is 0 Å². The van der Waals surface area contributed by atoms with Crippen LogP contribution in [0.15, 0.2) is 0 Å². The quantitative estimate of drug-likeness (QED) is 0.234. The summed E-state index contributed by atoms with van der Waals surface area (Å²) in [5, 5.41) is -5.53. The van der Waals surface area contributed by atoms with Crippen LogP contribution in [0.5, 0.6) is 0 Å². The molecule has 0 aliphatic heterocycles. The zero-order valence-corrected chi connectivity index (χ0v) is 13.8. The Labute approximate surface area is 145 Å². The predicted molar refractivity (Wildman–Crippen MR) is 71.5 cm³/mol. The molecule has 2 rings (SSSR count). The van der Waals surface area contributed by atoms with E-state index in [4.69, 9.17) is 22.5 Å². The number of benzene rings is 2. The Morgan fingerprint density at radius 1 is 0.385 bits per heavy atom. The molecule has 0 fully saturated rings. The summed E-state index contributed by atoms with van der Waals surface area (Å²) in [6, 6.07) is 0. The Balaban J connectivity index is 3.10. The third-order valence-electron chi connectivity index (χ3n) is 3.10. The van der Waals surface area contributed by atoms with Gasteiger partial charge in [0.1, 0.15) is 0 Å². The van der Waals surface area contributed by atoms with Gasteiger partial charge in [-0.25, -0.2) is 0 Å². The first-order valence-electron chi connectivity index (χ1n) is 5.84. The maximum absolute atomic E-state index is 15.1. The van der Waals surface area contributed by atoms with Crippen LogP contribution in [0, 0.1) is 58.2 Å². The van der Waals surface area contributed by atoms with Gasteiger partial charge in [-0.15, -0.1) is 0 Å². The van der Waals surface area contributed by atoms with Gasteiger partial charge in [0.15, 0.2) is 0 Å². The van der Waals surface area contributed by atoms with E-state index in [0.717, 1.165) is 0 Å². The second-order valence-corrected chi connectivity index (χ2v) is 11.5. The van der Waals surface area contributed by atoms with E-state index in [0.29, 0.717) is 0 Å². The molecule has 0 N–H and O–H groups in total. The van der Waals surface area contributed by atoms with Crippen molar-refractivity contribution in [3.8, 4) is 0 Å². The summed E-state index contributed by atoms with van der Waals surface area (Å²) < 4.78 is 149. The fourth-order valence-electron chi connectivity index (χ4n) is 1.94. The van der Waals surface area contributed by atoms with Crippen LogP contribution in [0.25, 0.3) is 0 Å². The molecule has 0 atom stereocenters. The molecule has 0 saturated heterocycles. The van der Waals surface area contributed by atoms with Crippen LogP contribution in [-0.2, 0) is 0 Å². The van der Waals surface area contributed by atoms with Crippen molar-refractivity contribution in [3.05, 3.63) is 58.2 Å². The van der Waals surface area contributed by atoms with E-state index in [9.17, 15) is 43.9 Å². The van der Waals surface area contributed by atoms with Gasteiger partial charge in [-0.3, -0.25) is 0 Å². The third-order valence-corrected chi connectivity index (χ3v) is 7.38. The number of hydrogen-bond acceptors (Lipinski definition) is 0. The van der Waals surface area contributed by atoms with E-state index < -0.39 is 74.4 Å². The minimum absolute atomic E-state index is 2.76. The fraction of sp³-hybridized carbons (Fsp3) is 0. The van der Waals surface area contributed by atoms with Crippen molar-refractivity contribution in [2.75, 3.05) is 0 Å². The van der Waals surface area contributed by atoms with Gasteiger partial charge in [0.2, 0.25) is 0 Å². The molecule has 0 bridgehead atoms. The van der Waals surface area contributed by atoms with Crippen molar-refractivity contribution >= 4 is 38.7 Å². The summed E-state index contributed by atoms with van der Waals surface area (Å²) in [6.07, 6.45) is 0. The number of hydrogen-bond donors (Lipinski definition) is 0. The third kappa shape index (κ3) is 2.71. The molecule has 144 valence electrons. The number of rotatable bonds is 2. The first kappa shape index (κ1) is 21.0. The average Bonchev–Trinajstić information content (AvgIpc) is 2.53. The van der Waals surface area contributed by atoms with Crippen molar-refractivity contribution in [3.63, 3.8) is 0 Å². The molecule has 0 spiro atoms. The van der Waals surface area contributed by atoms with Crippen LogP contribution in [0.2, 0.25) is 0 Å². The summed E-state index contributed by atoms with van der Waals surface area (Å²) in [5.41, 5.74) is -7.65. The second kappa shape index (κ2) is 6.10. The van der Waals surface area contributed by atoms with Gasteiger partial charge < -0.3 is 0 Å². The average molecular weight is 455 g/mol. The zero-order valence-electron chi connectivity index (χ0n) is 11.4. The summed E-state index contributed by atoms with van der Waals surface area (Å²) >= 11 is 10.0. The topological polar surface area (TPSA) is 0 Å². The molecule has 0 unspecified atom stereocenters. The molecular weight excluding hydrogens is 455 g/mol. The summed E-state index contributed by atoms with van der Waals surface area (Å²) in [5.74, 6) is -29.0. The Bertz CT molecular complexity index is 819. The SMILES string of the molecule is Fc1c(F)c(F)c(P(F)(Cl)(Cl)c2c(F)c(F)c(F)c(F)c2F)c(F)c1F. The van der Waals surface area contributed by atoms with Gasteiger partial charge in [-0.1, -0.05) is 0 Å². The Morgan fingerprint density at radius 3 is 0.731 bits per heavy atom. The first-order chi connectivity index (χ1) is 11.6. The molecule has 0 aromatic heterocycles. The molecular formula is C12Cl2F11P. The van der Waals surface area contributed by atoms with Crippen LogP contribution in [0.1, 0.15) is 0 Å². The Kier molecular flexibility index (Phi) is 4.92. The molecule has 0 amide bonds. The van der Waals surface area contributed by atoms with Crippen LogP contribution in [0.3, 0.4) is 0 Å². The van der Waals surface area contributed by atoms with E-state index in [1.165, 1.54) is 0 Å². The van der Waals surface area contributed by atoms with Crippen molar-refractivity contribution in [1.82, 2.24) is 0 Å². The van der Waals surface area contributed by atoms with E-state index in [2.05, 4.69) is 0 Å². The van der Waals surface area contributed by atoms with Crippen LogP contribution >= 0.6 is 28.1 Å². The fourth-order valence-corrected chi connectivity index (χ4v) is 5.62. The van der Waals surface area contributed by atoms with E-state index in [1.54, 1.807) is 0 Å². The second-order valence-electron chi connectivity index (χ2n) is 4.65. The normalized spacial score (nSPS) is 13.7. The molecule has 0 nitrogen and oxygen atoms in total. The summed E-state index contributed by atoms with van der Waals surface area (Å²) in [7, 11) is 0. The van der Waals surface area contributed by atoms with Gasteiger partial charge >= 0.3 is 145 Å². The molecule has 2 aromatic carbocycles. The van der Waals surface area contributed by atoms with E-state index in [1.807, 2.05) is 0 Å². The molecule has 0 heterocycles. The standard InChI is InChI=1S/C12Cl2F11P/c13-26(14,25,11-7(21)3(17)1(15)4(18)8(11)22)12-9(23)5(19)2(16)6(20)10(12)24. The van der Waals surface area contributed by atoms with Crippen molar-refractivity contribution < 1.29 is 48.1 Å². The van der Waals surface area contributed by atoms with E-state index >= 15 is 4.20 Å². The number of halogens is 13. The predicted octanol–water partition coefficient (Wildman–Crippen LogP) is 5.77. The molecule has 0 saturated carbocycles. The molecule has 0 aliphatic rings. The van der Waals surface area contributed by atoms with Crippen LogP contribution in [0.4, 0.5) is 48.1 Å². The Hall–Kier alpha value is -1.32. The van der Waals surface area contributed by atoms with E-state index in [-0.39, 0.29) is 0 Å². The summed E-state index contributed by atoms with van der Waals surface area (Å²) in [6.45, 7) is 0. The van der Waals surface area contributed by atoms with Gasteiger partial charge in [-0.2, -0.15) is 0 Å². The van der Waals surface area contributed by atoms with Crippen molar-refractivity contribution in [2.45, 2.75) is 0 Å².